The molecule has 0 radical (unpaired) electrons. The van der Waals surface area contributed by atoms with Gasteiger partial charge in [-0.2, -0.15) is 0 Å². The van der Waals surface area contributed by atoms with Crippen molar-refractivity contribution in [2.24, 2.45) is 0 Å². The van der Waals surface area contributed by atoms with E-state index in [0.717, 1.165) is 16.7 Å². The molecule has 3 nitrogen and oxygen atoms in total. The standard InChI is InChI=1S/C27H30O3Si3/c1-31(22-19-25-13-7-4-8-14-25)28-32(2,23-20-26-15-9-5-10-16-26)30-33(3,29-31)24-21-27-17-11-6-12-18-27/h4-24H,1-3H3. The lowest BCUT2D eigenvalue weighted by molar-refractivity contribution is 0.250. The summed E-state index contributed by atoms with van der Waals surface area (Å²) >= 11 is 0. The summed E-state index contributed by atoms with van der Waals surface area (Å²) in [7, 11) is -7.95. The molecule has 1 fully saturated rings. The predicted octanol–water partition coefficient (Wildman–Crippen LogP) is 7.02. The van der Waals surface area contributed by atoms with Crippen LogP contribution >= 0.6 is 0 Å². The monoisotopic (exact) mass is 486 g/mol. The minimum atomic E-state index is -2.65. The molecule has 0 spiro atoms. The van der Waals surface area contributed by atoms with E-state index in [2.05, 4.69) is 91.4 Å². The third kappa shape index (κ3) is 6.70. The Hall–Kier alpha value is -2.59. The topological polar surface area (TPSA) is 27.7 Å². The lowest BCUT2D eigenvalue weighted by Gasteiger charge is -2.47. The molecule has 6 heteroatoms. The fourth-order valence-corrected chi connectivity index (χ4v) is 18.3. The van der Waals surface area contributed by atoms with Crippen LogP contribution in [0.25, 0.3) is 18.2 Å². The van der Waals surface area contributed by atoms with Crippen LogP contribution in [-0.2, 0) is 12.3 Å². The molecule has 1 saturated heterocycles. The van der Waals surface area contributed by atoms with Crippen LogP contribution in [0.1, 0.15) is 16.7 Å². The zero-order valence-corrected chi connectivity index (χ0v) is 22.3. The molecule has 0 unspecified atom stereocenters. The first-order valence-corrected chi connectivity index (χ1v) is 18.4. The minimum Gasteiger partial charge on any atom is -0.410 e. The van der Waals surface area contributed by atoms with Gasteiger partial charge in [0.15, 0.2) is 0 Å². The zero-order valence-electron chi connectivity index (χ0n) is 19.3. The summed E-state index contributed by atoms with van der Waals surface area (Å²) in [4.78, 5) is 0. The van der Waals surface area contributed by atoms with Crippen molar-refractivity contribution >= 4 is 43.9 Å². The highest BCUT2D eigenvalue weighted by atomic mass is 28.5. The maximum atomic E-state index is 6.71. The van der Waals surface area contributed by atoms with Crippen LogP contribution in [0.15, 0.2) is 108 Å². The molecule has 0 atom stereocenters. The second-order valence-corrected chi connectivity index (χ2v) is 18.1. The van der Waals surface area contributed by atoms with Crippen LogP contribution in [0, 0.1) is 0 Å². The molecule has 0 N–H and O–H groups in total. The first kappa shape index (κ1) is 23.6. The molecule has 0 amide bonds. The third-order valence-corrected chi connectivity index (χ3v) is 17.4. The van der Waals surface area contributed by atoms with Gasteiger partial charge in [-0.1, -0.05) is 109 Å². The Kier molecular flexibility index (Phi) is 7.23. The van der Waals surface area contributed by atoms with Gasteiger partial charge < -0.3 is 12.3 Å². The first-order chi connectivity index (χ1) is 15.9. The van der Waals surface area contributed by atoms with Gasteiger partial charge in [0.1, 0.15) is 0 Å². The lowest BCUT2D eigenvalue weighted by atomic mass is 10.2. The van der Waals surface area contributed by atoms with E-state index in [-0.39, 0.29) is 0 Å². The van der Waals surface area contributed by atoms with Crippen LogP contribution in [0.3, 0.4) is 0 Å². The van der Waals surface area contributed by atoms with E-state index < -0.39 is 25.7 Å². The lowest BCUT2D eigenvalue weighted by Crippen LogP contribution is -2.66. The number of hydrogen-bond donors (Lipinski definition) is 0. The molecule has 1 aliphatic rings. The number of hydrogen-bond acceptors (Lipinski definition) is 3. The third-order valence-electron chi connectivity index (χ3n) is 5.35. The SMILES string of the molecule is C[Si]1(C=Cc2ccccc2)O[Si](C)(C=Cc2ccccc2)O[Si](C)(C=Cc2ccccc2)O1. The Balaban J connectivity index is 1.65. The predicted molar refractivity (Wildman–Crippen MR) is 145 cm³/mol. The molecule has 3 aromatic carbocycles. The summed E-state index contributed by atoms with van der Waals surface area (Å²) in [6.45, 7) is 6.37. The summed E-state index contributed by atoms with van der Waals surface area (Å²) in [5.74, 6) is 0. The molecule has 0 saturated carbocycles. The molecular weight excluding hydrogens is 457 g/mol. The normalized spacial score (nSPS) is 28.1. The Labute approximate surface area is 200 Å². The van der Waals surface area contributed by atoms with Crippen LogP contribution in [0.2, 0.25) is 19.6 Å². The van der Waals surface area contributed by atoms with E-state index in [9.17, 15) is 0 Å². The number of rotatable bonds is 6. The van der Waals surface area contributed by atoms with Crippen molar-refractivity contribution in [1.29, 1.82) is 0 Å². The van der Waals surface area contributed by atoms with Crippen molar-refractivity contribution in [1.82, 2.24) is 0 Å². The highest BCUT2D eigenvalue weighted by Crippen LogP contribution is 2.34. The highest BCUT2D eigenvalue weighted by molar-refractivity contribution is 6.98. The Morgan fingerprint density at radius 2 is 0.667 bits per heavy atom. The average molecular weight is 487 g/mol. The zero-order chi connectivity index (χ0) is 23.2. The Morgan fingerprint density at radius 3 is 0.909 bits per heavy atom. The van der Waals surface area contributed by atoms with Gasteiger partial charge in [0, 0.05) is 0 Å². The molecule has 1 aliphatic heterocycles. The second kappa shape index (κ2) is 10.1. The second-order valence-electron chi connectivity index (χ2n) is 8.59. The van der Waals surface area contributed by atoms with Crippen LogP contribution in [0.4, 0.5) is 0 Å². The van der Waals surface area contributed by atoms with Crippen molar-refractivity contribution < 1.29 is 12.3 Å². The maximum Gasteiger partial charge on any atom is 0.344 e. The van der Waals surface area contributed by atoms with E-state index in [1.165, 1.54) is 0 Å². The van der Waals surface area contributed by atoms with E-state index >= 15 is 0 Å². The molecule has 4 rings (SSSR count). The van der Waals surface area contributed by atoms with E-state index in [1.54, 1.807) is 0 Å². The average Bonchev–Trinajstić information content (AvgIpc) is 2.82. The van der Waals surface area contributed by atoms with E-state index in [4.69, 9.17) is 12.3 Å². The van der Waals surface area contributed by atoms with Crippen molar-refractivity contribution in [3.63, 3.8) is 0 Å². The summed E-state index contributed by atoms with van der Waals surface area (Å²) in [6.07, 6.45) is 6.34. The van der Waals surface area contributed by atoms with Crippen LogP contribution < -0.4 is 0 Å². The Bertz CT molecular complexity index is 977. The fraction of sp³-hybridized carbons (Fsp3) is 0.111. The van der Waals surface area contributed by atoms with Crippen LogP contribution in [0.5, 0.6) is 0 Å². The molecule has 0 aliphatic carbocycles. The van der Waals surface area contributed by atoms with Crippen molar-refractivity contribution in [2.45, 2.75) is 19.6 Å². The van der Waals surface area contributed by atoms with Crippen molar-refractivity contribution in [2.75, 3.05) is 0 Å². The molecule has 33 heavy (non-hydrogen) atoms. The van der Waals surface area contributed by atoms with Gasteiger partial charge in [0.25, 0.3) is 0 Å². The largest absolute Gasteiger partial charge is 0.410 e. The molecular formula is C27H30O3Si3. The molecule has 0 bridgehead atoms. The van der Waals surface area contributed by atoms with Gasteiger partial charge in [-0.3, -0.25) is 0 Å². The van der Waals surface area contributed by atoms with Gasteiger partial charge >= 0.3 is 25.7 Å². The van der Waals surface area contributed by atoms with Crippen LogP contribution in [-0.4, -0.2) is 25.7 Å². The van der Waals surface area contributed by atoms with Gasteiger partial charge in [-0.05, 0) is 53.4 Å². The molecule has 3 aromatic rings. The summed E-state index contributed by atoms with van der Waals surface area (Å²) < 4.78 is 20.1. The first-order valence-electron chi connectivity index (χ1n) is 11.2. The van der Waals surface area contributed by atoms with E-state index in [1.807, 2.05) is 54.6 Å². The van der Waals surface area contributed by atoms with Gasteiger partial charge in [-0.15, -0.1) is 0 Å². The van der Waals surface area contributed by atoms with Crippen molar-refractivity contribution in [3.8, 4) is 0 Å². The van der Waals surface area contributed by atoms with Gasteiger partial charge in [0.05, 0.1) is 0 Å². The van der Waals surface area contributed by atoms with Gasteiger partial charge in [0.2, 0.25) is 0 Å². The quantitative estimate of drug-likeness (QED) is 0.350. The molecule has 168 valence electrons. The van der Waals surface area contributed by atoms with Crippen molar-refractivity contribution in [3.05, 3.63) is 125 Å². The highest BCUT2D eigenvalue weighted by Gasteiger charge is 2.54. The smallest absolute Gasteiger partial charge is 0.344 e. The fourth-order valence-electron chi connectivity index (χ4n) is 3.91. The van der Waals surface area contributed by atoms with Gasteiger partial charge in [-0.25, -0.2) is 0 Å². The Morgan fingerprint density at radius 1 is 0.424 bits per heavy atom. The minimum absolute atomic E-state index is 1.14. The molecule has 0 aromatic heterocycles. The summed E-state index contributed by atoms with van der Waals surface area (Å²) in [6, 6.07) is 30.8. The molecule has 1 heterocycles. The maximum absolute atomic E-state index is 6.71. The van der Waals surface area contributed by atoms with E-state index in [0.29, 0.717) is 0 Å². The number of benzene rings is 3. The summed E-state index contributed by atoms with van der Waals surface area (Å²) in [5.41, 5.74) is 9.85. The summed E-state index contributed by atoms with van der Waals surface area (Å²) in [5, 5.41) is 0.